The molecule has 5 heteroatoms. The summed E-state index contributed by atoms with van der Waals surface area (Å²) in [5, 5.41) is 23.9. The topological polar surface area (TPSA) is 91.2 Å². The van der Waals surface area contributed by atoms with Crippen LogP contribution in [-0.2, 0) is 0 Å². The average molecular weight is 263 g/mol. The van der Waals surface area contributed by atoms with Crippen LogP contribution in [0.4, 0.5) is 0 Å². The molecular weight excluding hydrogens is 242 g/mol. The Morgan fingerprint density at radius 3 is 1.89 bits per heavy atom. The van der Waals surface area contributed by atoms with E-state index in [1.807, 2.05) is 39.8 Å². The van der Waals surface area contributed by atoms with Gasteiger partial charge in [0.1, 0.15) is 0 Å². The van der Waals surface area contributed by atoms with Crippen molar-refractivity contribution in [1.82, 2.24) is 0 Å². The second-order valence-corrected chi connectivity index (χ2v) is 5.11. The van der Waals surface area contributed by atoms with Gasteiger partial charge in [-0.2, -0.15) is 0 Å². The predicted molar refractivity (Wildman–Crippen MR) is 76.5 cm³/mol. The zero-order valence-electron chi connectivity index (χ0n) is 11.8. The summed E-state index contributed by atoms with van der Waals surface area (Å²) in [6.07, 6.45) is 1.45. The van der Waals surface area contributed by atoms with Crippen LogP contribution < -0.4 is 5.73 Å². The van der Waals surface area contributed by atoms with Crippen molar-refractivity contribution in [2.24, 2.45) is 16.0 Å². The number of amidine groups is 1. The first-order valence-electron chi connectivity index (χ1n) is 6.25. The zero-order chi connectivity index (χ0) is 14.6. The van der Waals surface area contributed by atoms with Crippen LogP contribution >= 0.6 is 0 Å². The van der Waals surface area contributed by atoms with Crippen molar-refractivity contribution >= 4 is 12.1 Å². The maximum atomic E-state index is 8.84. The third-order valence-corrected chi connectivity index (χ3v) is 3.08. The highest BCUT2D eigenvalue weighted by molar-refractivity contribution is 5.98. The molecule has 0 spiro atoms. The van der Waals surface area contributed by atoms with E-state index in [9.17, 15) is 0 Å². The molecule has 5 nitrogen and oxygen atoms in total. The number of hydrogen-bond acceptors (Lipinski definition) is 4. The molecule has 0 saturated carbocycles. The number of nitrogens with two attached hydrogens (primary N) is 1. The molecule has 0 heterocycles. The highest BCUT2D eigenvalue weighted by atomic mass is 16.4. The van der Waals surface area contributed by atoms with E-state index in [-0.39, 0.29) is 17.7 Å². The average Bonchev–Trinajstić information content (AvgIpc) is 2.37. The Hall–Kier alpha value is -2.04. The summed E-state index contributed by atoms with van der Waals surface area (Å²) in [5.41, 5.74) is 9.25. The van der Waals surface area contributed by atoms with Gasteiger partial charge in [0, 0.05) is 11.1 Å². The third kappa shape index (κ3) is 3.24. The Kier molecular flexibility index (Phi) is 4.92. The Morgan fingerprint density at radius 1 is 1.11 bits per heavy atom. The summed E-state index contributed by atoms with van der Waals surface area (Å²) < 4.78 is 0. The predicted octanol–water partition coefficient (Wildman–Crippen LogP) is 2.84. The third-order valence-electron chi connectivity index (χ3n) is 3.08. The second kappa shape index (κ2) is 6.22. The van der Waals surface area contributed by atoms with E-state index in [0.29, 0.717) is 5.56 Å². The lowest BCUT2D eigenvalue weighted by Crippen LogP contribution is -2.16. The van der Waals surface area contributed by atoms with E-state index < -0.39 is 0 Å². The van der Waals surface area contributed by atoms with Gasteiger partial charge in [0.05, 0.1) is 6.21 Å². The lowest BCUT2D eigenvalue weighted by Gasteiger charge is -2.18. The van der Waals surface area contributed by atoms with Gasteiger partial charge in [-0.1, -0.05) is 38.0 Å². The Balaban J connectivity index is 3.62. The van der Waals surface area contributed by atoms with Crippen molar-refractivity contribution in [3.05, 3.63) is 34.4 Å². The van der Waals surface area contributed by atoms with E-state index in [2.05, 4.69) is 10.3 Å². The normalized spacial score (nSPS) is 12.8. The highest BCUT2D eigenvalue weighted by Crippen LogP contribution is 2.28. The van der Waals surface area contributed by atoms with Gasteiger partial charge in [-0.3, -0.25) is 0 Å². The SMILES string of the molecule is CC(C)c1cc(/C(N)=N/O)cc(C(C)C)c1C=NO. The zero-order valence-corrected chi connectivity index (χ0v) is 11.8. The lowest BCUT2D eigenvalue weighted by atomic mass is 9.87. The molecule has 0 saturated heterocycles. The lowest BCUT2D eigenvalue weighted by molar-refractivity contribution is 0.318. The summed E-state index contributed by atoms with van der Waals surface area (Å²) in [6.45, 7) is 8.18. The van der Waals surface area contributed by atoms with Gasteiger partial charge in [-0.25, -0.2) is 0 Å². The van der Waals surface area contributed by atoms with E-state index in [0.717, 1.165) is 16.7 Å². The van der Waals surface area contributed by atoms with Crippen LogP contribution in [0.3, 0.4) is 0 Å². The molecule has 0 aromatic heterocycles. The highest BCUT2D eigenvalue weighted by Gasteiger charge is 2.16. The van der Waals surface area contributed by atoms with Crippen molar-refractivity contribution in [1.29, 1.82) is 0 Å². The summed E-state index contributed by atoms with van der Waals surface area (Å²) in [6, 6.07) is 3.73. The fourth-order valence-electron chi connectivity index (χ4n) is 2.07. The van der Waals surface area contributed by atoms with Crippen molar-refractivity contribution in [3.8, 4) is 0 Å². The molecule has 0 aliphatic rings. The molecule has 1 aromatic rings. The summed E-state index contributed by atoms with van der Waals surface area (Å²) >= 11 is 0. The van der Waals surface area contributed by atoms with Gasteiger partial charge < -0.3 is 16.1 Å². The molecular formula is C14H21N3O2. The molecule has 0 aliphatic heterocycles. The second-order valence-electron chi connectivity index (χ2n) is 5.11. The van der Waals surface area contributed by atoms with Gasteiger partial charge in [0.15, 0.2) is 5.84 Å². The molecule has 0 unspecified atom stereocenters. The fourth-order valence-corrected chi connectivity index (χ4v) is 2.07. The van der Waals surface area contributed by atoms with Gasteiger partial charge in [0.25, 0.3) is 0 Å². The minimum Gasteiger partial charge on any atom is -0.411 e. The van der Waals surface area contributed by atoms with Crippen molar-refractivity contribution in [3.63, 3.8) is 0 Å². The molecule has 19 heavy (non-hydrogen) atoms. The fraction of sp³-hybridized carbons (Fsp3) is 0.429. The number of hydrogen-bond donors (Lipinski definition) is 3. The number of nitrogens with zero attached hydrogens (tertiary/aromatic N) is 2. The maximum absolute atomic E-state index is 8.84. The quantitative estimate of drug-likeness (QED) is 0.337. The van der Waals surface area contributed by atoms with E-state index in [1.54, 1.807) is 0 Å². The van der Waals surface area contributed by atoms with Crippen molar-refractivity contribution < 1.29 is 10.4 Å². The van der Waals surface area contributed by atoms with Gasteiger partial charge in [0.2, 0.25) is 0 Å². The molecule has 1 rings (SSSR count). The van der Waals surface area contributed by atoms with Crippen LogP contribution in [-0.4, -0.2) is 22.5 Å². The first-order chi connectivity index (χ1) is 8.92. The van der Waals surface area contributed by atoms with Crippen LogP contribution in [0, 0.1) is 0 Å². The summed E-state index contributed by atoms with van der Waals surface area (Å²) in [4.78, 5) is 0. The van der Waals surface area contributed by atoms with Crippen LogP contribution in [0.1, 0.15) is 61.8 Å². The van der Waals surface area contributed by atoms with E-state index in [4.69, 9.17) is 16.1 Å². The smallest absolute Gasteiger partial charge is 0.170 e. The number of oxime groups is 2. The molecule has 0 radical (unpaired) electrons. The minimum absolute atomic E-state index is 0.0799. The van der Waals surface area contributed by atoms with E-state index >= 15 is 0 Å². The standard InChI is InChI=1S/C14H21N3O2/c1-8(2)11-5-10(14(15)17-19)6-12(9(3)4)13(11)7-16-18/h5-9,18-19H,1-4H3,(H2,15,17). The van der Waals surface area contributed by atoms with Gasteiger partial charge in [-0.15, -0.1) is 0 Å². The molecule has 0 amide bonds. The molecule has 1 aromatic carbocycles. The first-order valence-corrected chi connectivity index (χ1v) is 6.25. The molecule has 0 atom stereocenters. The maximum Gasteiger partial charge on any atom is 0.170 e. The van der Waals surface area contributed by atoms with Gasteiger partial charge >= 0.3 is 0 Å². The monoisotopic (exact) mass is 263 g/mol. The molecule has 4 N–H and O–H groups in total. The minimum atomic E-state index is 0.0799. The first kappa shape index (κ1) is 15.0. The summed E-state index contributed by atoms with van der Waals surface area (Å²) in [7, 11) is 0. The van der Waals surface area contributed by atoms with Crippen molar-refractivity contribution in [2.45, 2.75) is 39.5 Å². The number of rotatable bonds is 4. The molecule has 104 valence electrons. The summed E-state index contributed by atoms with van der Waals surface area (Å²) in [5.74, 6) is 0.546. The van der Waals surface area contributed by atoms with Crippen molar-refractivity contribution in [2.75, 3.05) is 0 Å². The Bertz CT molecular complexity index is 476. The Labute approximate surface area is 113 Å². The molecule has 0 fully saturated rings. The van der Waals surface area contributed by atoms with Crippen LogP contribution in [0.25, 0.3) is 0 Å². The Morgan fingerprint density at radius 2 is 1.58 bits per heavy atom. The van der Waals surface area contributed by atoms with Gasteiger partial charge in [-0.05, 0) is 35.1 Å². The number of benzene rings is 1. The van der Waals surface area contributed by atoms with Crippen LogP contribution in [0.15, 0.2) is 22.4 Å². The molecule has 0 bridgehead atoms. The van der Waals surface area contributed by atoms with Crippen LogP contribution in [0.5, 0.6) is 0 Å². The molecule has 0 aliphatic carbocycles. The largest absolute Gasteiger partial charge is 0.411 e. The van der Waals surface area contributed by atoms with Crippen LogP contribution in [0.2, 0.25) is 0 Å². The van der Waals surface area contributed by atoms with E-state index in [1.165, 1.54) is 6.21 Å².